The number of nitrogens with one attached hydrogen (secondary N) is 2. The number of thiophene rings is 1. The first-order chi connectivity index (χ1) is 15.7. The van der Waals surface area contributed by atoms with Crippen LogP contribution in [0.1, 0.15) is 31.9 Å². The molecule has 0 fully saturated rings. The van der Waals surface area contributed by atoms with Crippen molar-refractivity contribution >= 4 is 44.7 Å². The van der Waals surface area contributed by atoms with Gasteiger partial charge in [0.05, 0.1) is 16.6 Å². The largest absolute Gasteiger partial charge is 0.324 e. The quantitative estimate of drug-likeness (QED) is 0.456. The van der Waals surface area contributed by atoms with Gasteiger partial charge in [-0.15, -0.1) is 11.3 Å². The van der Waals surface area contributed by atoms with Gasteiger partial charge in [0.15, 0.2) is 0 Å². The molecule has 4 aromatic rings. The number of anilines is 2. The zero-order valence-electron chi connectivity index (χ0n) is 18.9. The van der Waals surface area contributed by atoms with E-state index in [0.29, 0.717) is 32.0 Å². The molecule has 0 aliphatic heterocycles. The highest BCUT2D eigenvalue weighted by Gasteiger charge is 2.20. The fraction of sp³-hybridized carbons (Fsp3) is 0.200. The molecule has 0 spiro atoms. The van der Waals surface area contributed by atoms with Crippen LogP contribution in [0.5, 0.6) is 0 Å². The minimum atomic E-state index is -0.347. The fourth-order valence-electron chi connectivity index (χ4n) is 3.60. The predicted octanol–water partition coefficient (Wildman–Crippen LogP) is 4.58. The van der Waals surface area contributed by atoms with Crippen molar-refractivity contribution in [3.8, 4) is 0 Å². The Bertz CT molecular complexity index is 1450. The smallest absolute Gasteiger partial charge is 0.266 e. The van der Waals surface area contributed by atoms with Gasteiger partial charge in [-0.1, -0.05) is 30.3 Å². The third kappa shape index (κ3) is 4.56. The molecule has 0 atom stereocenters. The van der Waals surface area contributed by atoms with Crippen LogP contribution in [0.3, 0.4) is 0 Å². The first-order valence-corrected chi connectivity index (χ1v) is 11.3. The maximum atomic E-state index is 13.1. The van der Waals surface area contributed by atoms with E-state index >= 15 is 0 Å². The first kappa shape index (κ1) is 22.4. The lowest BCUT2D eigenvalue weighted by Crippen LogP contribution is -2.28. The Kier molecular flexibility index (Phi) is 6.11. The number of para-hydroxylation sites is 1. The van der Waals surface area contributed by atoms with E-state index in [9.17, 15) is 14.4 Å². The minimum absolute atomic E-state index is 0.171. The van der Waals surface area contributed by atoms with E-state index in [0.717, 1.165) is 16.7 Å². The molecule has 2 heterocycles. The van der Waals surface area contributed by atoms with Crippen molar-refractivity contribution in [2.45, 2.75) is 34.2 Å². The number of nitrogens with zero attached hydrogens (tertiary/aromatic N) is 2. The highest BCUT2D eigenvalue weighted by atomic mass is 32.1. The number of carbonyl (C=O) groups is 2. The summed E-state index contributed by atoms with van der Waals surface area (Å²) in [5.41, 5.74) is 4.55. The molecule has 7 nitrogen and oxygen atoms in total. The van der Waals surface area contributed by atoms with Crippen LogP contribution in [-0.4, -0.2) is 21.4 Å². The molecule has 0 unspecified atom stereocenters. The molecule has 8 heteroatoms. The number of benzene rings is 2. The van der Waals surface area contributed by atoms with E-state index in [1.165, 1.54) is 22.2 Å². The lowest BCUT2D eigenvalue weighted by molar-refractivity contribution is -0.116. The van der Waals surface area contributed by atoms with Crippen molar-refractivity contribution in [2.24, 2.45) is 0 Å². The predicted molar refractivity (Wildman–Crippen MR) is 132 cm³/mol. The van der Waals surface area contributed by atoms with E-state index in [4.69, 9.17) is 0 Å². The van der Waals surface area contributed by atoms with Gasteiger partial charge >= 0.3 is 0 Å². The van der Waals surface area contributed by atoms with Crippen LogP contribution in [0.2, 0.25) is 0 Å². The van der Waals surface area contributed by atoms with Crippen LogP contribution < -0.4 is 16.2 Å². The van der Waals surface area contributed by atoms with E-state index < -0.39 is 0 Å². The molecule has 168 valence electrons. The van der Waals surface area contributed by atoms with Crippen molar-refractivity contribution < 1.29 is 9.59 Å². The fourth-order valence-corrected chi connectivity index (χ4v) is 4.63. The molecule has 0 bridgehead atoms. The molecular weight excluding hydrogens is 436 g/mol. The molecule has 33 heavy (non-hydrogen) atoms. The Hall–Kier alpha value is -3.78. The molecule has 4 rings (SSSR count). The summed E-state index contributed by atoms with van der Waals surface area (Å²) in [6, 6.07) is 13.3. The lowest BCUT2D eigenvalue weighted by Gasteiger charge is -2.10. The van der Waals surface area contributed by atoms with Crippen molar-refractivity contribution in [3.05, 3.63) is 86.3 Å². The molecule has 2 aromatic heterocycles. The molecule has 2 aromatic carbocycles. The Morgan fingerprint density at radius 1 is 0.970 bits per heavy atom. The molecule has 0 aliphatic carbocycles. The number of aryl methyl sites for hydroxylation is 4. The van der Waals surface area contributed by atoms with Crippen molar-refractivity contribution in [2.75, 3.05) is 10.6 Å². The second-order valence-corrected chi connectivity index (χ2v) is 9.05. The summed E-state index contributed by atoms with van der Waals surface area (Å²) in [5, 5.41) is 6.12. The minimum Gasteiger partial charge on any atom is -0.324 e. The zero-order valence-corrected chi connectivity index (χ0v) is 19.7. The normalized spacial score (nSPS) is 10.9. The topological polar surface area (TPSA) is 93.1 Å². The van der Waals surface area contributed by atoms with Gasteiger partial charge < -0.3 is 10.6 Å². The van der Waals surface area contributed by atoms with Gasteiger partial charge in [0, 0.05) is 11.4 Å². The van der Waals surface area contributed by atoms with Crippen LogP contribution in [0.25, 0.3) is 10.2 Å². The van der Waals surface area contributed by atoms with E-state index in [1.54, 1.807) is 6.92 Å². The van der Waals surface area contributed by atoms with Gasteiger partial charge in [0.1, 0.15) is 11.4 Å². The summed E-state index contributed by atoms with van der Waals surface area (Å²) in [4.78, 5) is 43.9. The van der Waals surface area contributed by atoms with Crippen molar-refractivity contribution in [3.63, 3.8) is 0 Å². The van der Waals surface area contributed by atoms with Crippen molar-refractivity contribution in [1.29, 1.82) is 0 Å². The number of amides is 2. The Balaban J connectivity index is 1.60. The average Bonchev–Trinajstić information content (AvgIpc) is 3.11. The second-order valence-electron chi connectivity index (χ2n) is 8.05. The van der Waals surface area contributed by atoms with Crippen LogP contribution in [0, 0.1) is 27.7 Å². The van der Waals surface area contributed by atoms with Crippen LogP contribution >= 0.6 is 11.3 Å². The Labute approximate surface area is 195 Å². The standard InChI is InChI=1S/C25H24N4O3S/c1-14-9-10-16(3)19(11-14)27-20(30)12-29-13-26-24-21(25(29)32)17(4)22(33-24)23(31)28-18-8-6-5-7-15(18)2/h5-11,13H,12H2,1-4H3,(H,27,30)(H,28,31). The van der Waals surface area contributed by atoms with Crippen LogP contribution in [0.15, 0.2) is 53.6 Å². The van der Waals surface area contributed by atoms with Gasteiger partial charge in [0.25, 0.3) is 11.5 Å². The maximum absolute atomic E-state index is 13.1. The molecule has 2 amide bonds. The van der Waals surface area contributed by atoms with Gasteiger partial charge in [-0.05, 0) is 62.1 Å². The van der Waals surface area contributed by atoms with Gasteiger partial charge in [0.2, 0.25) is 5.91 Å². The first-order valence-electron chi connectivity index (χ1n) is 10.5. The summed E-state index contributed by atoms with van der Waals surface area (Å²) >= 11 is 1.17. The van der Waals surface area contributed by atoms with Crippen LogP contribution in [-0.2, 0) is 11.3 Å². The second kappa shape index (κ2) is 8.99. The summed E-state index contributed by atoms with van der Waals surface area (Å²) < 4.78 is 1.27. The molecule has 0 saturated heterocycles. The summed E-state index contributed by atoms with van der Waals surface area (Å²) in [6.07, 6.45) is 1.35. The average molecular weight is 461 g/mol. The Morgan fingerprint density at radius 2 is 1.70 bits per heavy atom. The molecule has 0 saturated carbocycles. The summed E-state index contributed by atoms with van der Waals surface area (Å²) in [6.45, 7) is 7.33. The van der Waals surface area contributed by atoms with Gasteiger partial charge in [-0.2, -0.15) is 0 Å². The van der Waals surface area contributed by atoms with E-state index in [-0.39, 0.29) is 23.9 Å². The van der Waals surface area contributed by atoms with Gasteiger partial charge in [-0.3, -0.25) is 19.0 Å². The molecule has 2 N–H and O–H groups in total. The van der Waals surface area contributed by atoms with Gasteiger partial charge in [-0.25, -0.2) is 4.98 Å². The highest BCUT2D eigenvalue weighted by Crippen LogP contribution is 2.28. The van der Waals surface area contributed by atoms with Crippen molar-refractivity contribution in [1.82, 2.24) is 9.55 Å². The monoisotopic (exact) mass is 460 g/mol. The molecular formula is C25H24N4O3S. The third-order valence-electron chi connectivity index (χ3n) is 5.50. The summed E-state index contributed by atoms with van der Waals surface area (Å²) in [7, 11) is 0. The number of hydrogen-bond donors (Lipinski definition) is 2. The number of aromatic nitrogens is 2. The van der Waals surface area contributed by atoms with Crippen LogP contribution in [0.4, 0.5) is 11.4 Å². The SMILES string of the molecule is Cc1ccc(C)c(NC(=O)Cn2cnc3sc(C(=O)Nc4ccccc4C)c(C)c3c2=O)c1. The zero-order chi connectivity index (χ0) is 23.7. The third-order valence-corrected chi connectivity index (χ3v) is 6.70. The highest BCUT2D eigenvalue weighted by molar-refractivity contribution is 7.20. The number of fused-ring (bicyclic) bond motifs is 1. The summed E-state index contributed by atoms with van der Waals surface area (Å²) in [5.74, 6) is -0.610. The number of hydrogen-bond acceptors (Lipinski definition) is 5. The Morgan fingerprint density at radius 3 is 2.45 bits per heavy atom. The van der Waals surface area contributed by atoms with E-state index in [2.05, 4.69) is 15.6 Å². The molecule has 0 aliphatic rings. The lowest BCUT2D eigenvalue weighted by atomic mass is 10.1. The number of rotatable bonds is 5. The maximum Gasteiger partial charge on any atom is 0.266 e. The molecule has 0 radical (unpaired) electrons. The van der Waals surface area contributed by atoms with E-state index in [1.807, 2.05) is 63.2 Å². The number of carbonyl (C=O) groups excluding carboxylic acids is 2.